The fraction of sp³-hybridized carbons (Fsp3) is 0.952. The van der Waals surface area contributed by atoms with E-state index in [0.717, 1.165) is 58.4 Å². The molecule has 6 nitrogen and oxygen atoms in total. The van der Waals surface area contributed by atoms with E-state index in [1.807, 2.05) is 0 Å². The maximum atomic E-state index is 5.64. The van der Waals surface area contributed by atoms with Crippen molar-refractivity contribution >= 4 is 5.96 Å². The lowest BCUT2D eigenvalue weighted by Crippen LogP contribution is -2.46. The fourth-order valence-corrected chi connectivity index (χ4v) is 4.48. The number of guanidine groups is 1. The van der Waals surface area contributed by atoms with Gasteiger partial charge in [0.15, 0.2) is 5.96 Å². The molecule has 1 aliphatic carbocycles. The van der Waals surface area contributed by atoms with Crippen LogP contribution >= 0.6 is 0 Å². The van der Waals surface area contributed by atoms with Crippen molar-refractivity contribution in [3.05, 3.63) is 0 Å². The third-order valence-electron chi connectivity index (χ3n) is 6.15. The highest BCUT2D eigenvalue weighted by molar-refractivity contribution is 5.79. The topological polar surface area (TPSA) is 58.1 Å². The second-order valence-corrected chi connectivity index (χ2v) is 8.05. The van der Waals surface area contributed by atoms with Crippen LogP contribution in [0.2, 0.25) is 0 Å². The molecule has 1 saturated heterocycles. The first kappa shape index (κ1) is 22.4. The number of nitrogens with one attached hydrogen (secondary N) is 2. The molecule has 0 spiro atoms. The number of hydrogen-bond acceptors (Lipinski definition) is 4. The lowest BCUT2D eigenvalue weighted by atomic mass is 9.83. The van der Waals surface area contributed by atoms with Crippen LogP contribution in [0.5, 0.6) is 0 Å². The zero-order valence-electron chi connectivity index (χ0n) is 17.9. The Morgan fingerprint density at radius 1 is 1.15 bits per heavy atom. The number of hydrogen-bond donors (Lipinski definition) is 2. The molecule has 2 rings (SSSR count). The van der Waals surface area contributed by atoms with E-state index < -0.39 is 0 Å². The summed E-state index contributed by atoms with van der Waals surface area (Å²) in [6.07, 6.45) is 8.92. The Bertz CT molecular complexity index is 424. The third-order valence-corrected chi connectivity index (χ3v) is 6.15. The first-order chi connectivity index (χ1) is 13.2. The van der Waals surface area contributed by atoms with Crippen molar-refractivity contribution in [2.45, 2.75) is 64.8 Å². The van der Waals surface area contributed by atoms with Gasteiger partial charge in [-0.25, -0.2) is 0 Å². The number of methoxy groups -OCH3 is 1. The van der Waals surface area contributed by atoms with Crippen molar-refractivity contribution < 1.29 is 9.47 Å². The van der Waals surface area contributed by atoms with Gasteiger partial charge in [0.05, 0.1) is 6.61 Å². The predicted molar refractivity (Wildman–Crippen MR) is 112 cm³/mol. The quantitative estimate of drug-likeness (QED) is 0.309. The summed E-state index contributed by atoms with van der Waals surface area (Å²) in [6, 6.07) is 0.586. The molecule has 0 aromatic rings. The monoisotopic (exact) mass is 382 g/mol. The molecule has 1 unspecified atom stereocenters. The molecule has 1 atom stereocenters. The summed E-state index contributed by atoms with van der Waals surface area (Å²) in [6.45, 7) is 11.7. The molecule has 6 heteroatoms. The van der Waals surface area contributed by atoms with Gasteiger partial charge in [-0.05, 0) is 57.9 Å². The SMILES string of the molecule is CCNC(=NCC1(CCOCC)CCCC1)NCC1CCCN1CCOC. The van der Waals surface area contributed by atoms with Crippen LogP contribution in [0.15, 0.2) is 4.99 Å². The normalized spacial score (nSPS) is 23.1. The average Bonchev–Trinajstić information content (AvgIpc) is 3.32. The molecule has 27 heavy (non-hydrogen) atoms. The van der Waals surface area contributed by atoms with Crippen molar-refractivity contribution in [2.75, 3.05) is 59.7 Å². The summed E-state index contributed by atoms with van der Waals surface area (Å²) in [5.41, 5.74) is 0.343. The van der Waals surface area contributed by atoms with E-state index >= 15 is 0 Å². The maximum absolute atomic E-state index is 5.64. The highest BCUT2D eigenvalue weighted by Crippen LogP contribution is 2.41. The Kier molecular flexibility index (Phi) is 10.5. The molecular formula is C21H42N4O2. The van der Waals surface area contributed by atoms with E-state index in [1.165, 1.54) is 45.1 Å². The molecule has 1 aliphatic heterocycles. The molecule has 0 radical (unpaired) electrons. The van der Waals surface area contributed by atoms with Crippen LogP contribution < -0.4 is 10.6 Å². The minimum absolute atomic E-state index is 0.343. The molecule has 0 aromatic heterocycles. The molecule has 1 heterocycles. The van der Waals surface area contributed by atoms with Gasteiger partial charge in [0.2, 0.25) is 0 Å². The smallest absolute Gasteiger partial charge is 0.191 e. The van der Waals surface area contributed by atoms with Gasteiger partial charge in [0.1, 0.15) is 0 Å². The van der Waals surface area contributed by atoms with Crippen LogP contribution in [-0.4, -0.2) is 76.6 Å². The van der Waals surface area contributed by atoms with Crippen molar-refractivity contribution in [1.82, 2.24) is 15.5 Å². The van der Waals surface area contributed by atoms with Crippen molar-refractivity contribution in [1.29, 1.82) is 0 Å². The zero-order chi connectivity index (χ0) is 19.4. The number of ether oxygens (including phenoxy) is 2. The molecule has 2 fully saturated rings. The highest BCUT2D eigenvalue weighted by atomic mass is 16.5. The number of aliphatic imine (C=N–C) groups is 1. The lowest BCUT2D eigenvalue weighted by molar-refractivity contribution is 0.107. The van der Waals surface area contributed by atoms with E-state index in [2.05, 4.69) is 29.4 Å². The summed E-state index contributed by atoms with van der Waals surface area (Å²) in [5, 5.41) is 7.04. The van der Waals surface area contributed by atoms with Gasteiger partial charge >= 0.3 is 0 Å². The van der Waals surface area contributed by atoms with Gasteiger partial charge in [0, 0.05) is 52.5 Å². The van der Waals surface area contributed by atoms with Crippen molar-refractivity contribution in [3.8, 4) is 0 Å². The summed E-state index contributed by atoms with van der Waals surface area (Å²) in [7, 11) is 1.78. The van der Waals surface area contributed by atoms with Gasteiger partial charge < -0.3 is 20.1 Å². The van der Waals surface area contributed by atoms with Crippen LogP contribution in [0.4, 0.5) is 0 Å². The molecule has 0 aromatic carbocycles. The van der Waals surface area contributed by atoms with E-state index in [1.54, 1.807) is 7.11 Å². The van der Waals surface area contributed by atoms with E-state index in [9.17, 15) is 0 Å². The molecule has 2 aliphatic rings. The Morgan fingerprint density at radius 3 is 2.67 bits per heavy atom. The Balaban J connectivity index is 1.86. The van der Waals surface area contributed by atoms with E-state index in [-0.39, 0.29) is 0 Å². The summed E-state index contributed by atoms with van der Waals surface area (Å²) in [4.78, 5) is 7.53. The van der Waals surface area contributed by atoms with E-state index in [4.69, 9.17) is 14.5 Å². The fourth-order valence-electron chi connectivity index (χ4n) is 4.48. The van der Waals surface area contributed by atoms with Gasteiger partial charge in [-0.15, -0.1) is 0 Å². The maximum Gasteiger partial charge on any atom is 0.191 e. The highest BCUT2D eigenvalue weighted by Gasteiger charge is 2.33. The molecule has 0 bridgehead atoms. The first-order valence-electron chi connectivity index (χ1n) is 11.1. The second-order valence-electron chi connectivity index (χ2n) is 8.05. The van der Waals surface area contributed by atoms with Crippen LogP contribution in [0.25, 0.3) is 0 Å². The molecule has 1 saturated carbocycles. The molecule has 0 amide bonds. The van der Waals surface area contributed by atoms with Gasteiger partial charge in [-0.3, -0.25) is 9.89 Å². The van der Waals surface area contributed by atoms with Gasteiger partial charge in [0.25, 0.3) is 0 Å². The van der Waals surface area contributed by atoms with Crippen LogP contribution in [0, 0.1) is 5.41 Å². The lowest BCUT2D eigenvalue weighted by Gasteiger charge is -2.28. The minimum Gasteiger partial charge on any atom is -0.383 e. The van der Waals surface area contributed by atoms with Crippen molar-refractivity contribution in [2.24, 2.45) is 10.4 Å². The molecule has 158 valence electrons. The van der Waals surface area contributed by atoms with E-state index in [0.29, 0.717) is 11.5 Å². The van der Waals surface area contributed by atoms with Gasteiger partial charge in [-0.1, -0.05) is 12.8 Å². The van der Waals surface area contributed by atoms with Gasteiger partial charge in [-0.2, -0.15) is 0 Å². The van der Waals surface area contributed by atoms with Crippen LogP contribution in [0.1, 0.15) is 58.8 Å². The predicted octanol–water partition coefficient (Wildman–Crippen LogP) is 2.64. The molecular weight excluding hydrogens is 340 g/mol. The third kappa shape index (κ3) is 7.59. The summed E-state index contributed by atoms with van der Waals surface area (Å²) in [5.74, 6) is 0.971. The van der Waals surface area contributed by atoms with Crippen LogP contribution in [0.3, 0.4) is 0 Å². The van der Waals surface area contributed by atoms with Crippen LogP contribution in [-0.2, 0) is 9.47 Å². The Hall–Kier alpha value is -0.850. The van der Waals surface area contributed by atoms with Crippen molar-refractivity contribution in [3.63, 3.8) is 0 Å². The first-order valence-corrected chi connectivity index (χ1v) is 11.1. The minimum atomic E-state index is 0.343. The summed E-state index contributed by atoms with van der Waals surface area (Å²) >= 11 is 0. The summed E-state index contributed by atoms with van der Waals surface area (Å²) < 4.78 is 10.9. The number of nitrogens with zero attached hydrogens (tertiary/aromatic N) is 2. The number of rotatable bonds is 12. The largest absolute Gasteiger partial charge is 0.383 e. The Labute approximate surface area is 166 Å². The standard InChI is InChI=1S/C21H42N4O2/c1-4-22-20(23-17-19-9-8-13-25(19)14-16-26-3)24-18-21(10-6-7-11-21)12-15-27-5-2/h19H,4-18H2,1-3H3,(H2,22,23,24). The zero-order valence-corrected chi connectivity index (χ0v) is 17.9. The average molecular weight is 383 g/mol. The number of likely N-dealkylation sites (tertiary alicyclic amines) is 1. The second kappa shape index (κ2) is 12.6. The molecule has 2 N–H and O–H groups in total. The Morgan fingerprint density at radius 2 is 1.96 bits per heavy atom.